The first-order chi connectivity index (χ1) is 17.2. The number of sulfonamides is 1. The summed E-state index contributed by atoms with van der Waals surface area (Å²) in [5, 5.41) is 4.17. The summed E-state index contributed by atoms with van der Waals surface area (Å²) < 4.78 is 26.1. The van der Waals surface area contributed by atoms with Crippen molar-refractivity contribution >= 4 is 73.9 Å². The van der Waals surface area contributed by atoms with Gasteiger partial charge in [-0.1, -0.05) is 59.4 Å². The molecule has 1 N–H and O–H groups in total. The minimum atomic E-state index is -3.70. The van der Waals surface area contributed by atoms with Crippen molar-refractivity contribution in [1.29, 1.82) is 0 Å². The Kier molecular flexibility index (Phi) is 11.8. The Balaban J connectivity index is 2.24. The Hall–Kier alpha value is -1.71. The molecule has 0 saturated carbocycles. The van der Waals surface area contributed by atoms with Crippen LogP contribution in [0.4, 0.5) is 5.69 Å². The second kappa shape index (κ2) is 13.9. The molecule has 0 aliphatic heterocycles. The lowest BCUT2D eigenvalue weighted by Crippen LogP contribution is -2.49. The molecule has 0 aliphatic rings. The summed E-state index contributed by atoms with van der Waals surface area (Å²) in [6, 6.07) is 8.72. The van der Waals surface area contributed by atoms with Crippen LogP contribution < -0.4 is 9.62 Å². The smallest absolute Gasteiger partial charge is 0.242 e. The van der Waals surface area contributed by atoms with E-state index in [1.807, 2.05) is 13.8 Å². The Morgan fingerprint density at radius 3 is 2.22 bits per heavy atom. The maximum absolute atomic E-state index is 13.4. The van der Waals surface area contributed by atoms with Crippen LogP contribution in [0.5, 0.6) is 0 Å². The van der Waals surface area contributed by atoms with Crippen LogP contribution in [0.3, 0.4) is 0 Å². The molecule has 2 unspecified atom stereocenters. The van der Waals surface area contributed by atoms with Gasteiger partial charge in [0.25, 0.3) is 0 Å². The van der Waals surface area contributed by atoms with Crippen LogP contribution in [0.25, 0.3) is 0 Å². The van der Waals surface area contributed by atoms with Gasteiger partial charge in [-0.05, 0) is 62.6 Å². The van der Waals surface area contributed by atoms with Crippen molar-refractivity contribution in [3.05, 3.63) is 62.1 Å². The summed E-state index contributed by atoms with van der Waals surface area (Å²) in [6.45, 7) is 5.62. The first-order valence-corrected chi connectivity index (χ1v) is 15.1. The predicted octanol–water partition coefficient (Wildman–Crippen LogP) is 6.18. The number of hydrogen-bond donors (Lipinski definition) is 1. The minimum Gasteiger partial charge on any atom is -0.352 e. The van der Waals surface area contributed by atoms with E-state index in [1.165, 1.54) is 17.0 Å². The highest BCUT2D eigenvalue weighted by atomic mass is 35.5. The lowest BCUT2D eigenvalue weighted by molar-refractivity contribution is -0.140. The maximum Gasteiger partial charge on any atom is 0.242 e. The third kappa shape index (κ3) is 9.21. The van der Waals surface area contributed by atoms with E-state index in [0.29, 0.717) is 20.6 Å². The highest BCUT2D eigenvalue weighted by Crippen LogP contribution is 2.31. The normalized spacial score (nSPS) is 13.1. The Labute approximate surface area is 239 Å². The fourth-order valence-corrected chi connectivity index (χ4v) is 5.27. The van der Waals surface area contributed by atoms with Crippen LogP contribution in [-0.2, 0) is 26.2 Å². The van der Waals surface area contributed by atoms with Crippen LogP contribution in [0.15, 0.2) is 36.4 Å². The minimum absolute atomic E-state index is 0.00129. The van der Waals surface area contributed by atoms with Gasteiger partial charge in [-0.25, -0.2) is 8.42 Å². The van der Waals surface area contributed by atoms with Crippen molar-refractivity contribution < 1.29 is 18.0 Å². The van der Waals surface area contributed by atoms with Crippen molar-refractivity contribution in [2.45, 2.75) is 58.7 Å². The summed E-state index contributed by atoms with van der Waals surface area (Å²) in [7, 11) is -3.70. The lowest BCUT2D eigenvalue weighted by Gasteiger charge is -2.30. The van der Waals surface area contributed by atoms with Gasteiger partial charge in [0.2, 0.25) is 21.8 Å². The summed E-state index contributed by atoms with van der Waals surface area (Å²) in [4.78, 5) is 27.7. The molecule has 0 bridgehead atoms. The highest BCUT2D eigenvalue weighted by Gasteiger charge is 2.27. The Bertz CT molecular complexity index is 1230. The quantitative estimate of drug-likeness (QED) is 0.311. The van der Waals surface area contributed by atoms with Gasteiger partial charge in [0.05, 0.1) is 27.0 Å². The van der Waals surface area contributed by atoms with Crippen LogP contribution in [0.2, 0.25) is 20.1 Å². The molecule has 2 amide bonds. The van der Waals surface area contributed by atoms with Gasteiger partial charge in [0, 0.05) is 30.6 Å². The first kappa shape index (κ1) is 31.5. The summed E-state index contributed by atoms with van der Waals surface area (Å²) in [6.07, 6.45) is 1.98. The van der Waals surface area contributed by atoms with Gasteiger partial charge in [-0.2, -0.15) is 0 Å². The summed E-state index contributed by atoms with van der Waals surface area (Å²) in [5.41, 5.74) is 0.937. The zero-order valence-electron chi connectivity index (χ0n) is 21.1. The third-order valence-corrected chi connectivity index (χ3v) is 8.31. The van der Waals surface area contributed by atoms with Gasteiger partial charge >= 0.3 is 0 Å². The third-order valence-electron chi connectivity index (χ3n) is 5.83. The fourth-order valence-electron chi connectivity index (χ4n) is 3.54. The molecule has 2 atom stereocenters. The number of rotatable bonds is 12. The number of benzene rings is 2. The first-order valence-electron chi connectivity index (χ1n) is 11.7. The number of carbonyl (C=O) groups excluding carboxylic acids is 2. The molecule has 0 aromatic heterocycles. The molecular formula is C25H31Cl4N3O4S. The largest absolute Gasteiger partial charge is 0.352 e. The number of anilines is 1. The molecule has 0 radical (unpaired) electrons. The SMILES string of the molecule is CCC(C)NC(=O)C(C)N(Cc1ccc(Cl)c(Cl)c1)C(=O)CCCN(c1cc(Cl)ccc1Cl)S(C)(=O)=O. The number of nitrogens with one attached hydrogen (secondary N) is 1. The van der Waals surface area contributed by atoms with E-state index in [2.05, 4.69) is 5.32 Å². The molecule has 2 rings (SSSR count). The van der Waals surface area contributed by atoms with E-state index >= 15 is 0 Å². The van der Waals surface area contributed by atoms with Gasteiger partial charge in [0.15, 0.2) is 0 Å². The number of halogens is 4. The van der Waals surface area contributed by atoms with Crippen LogP contribution >= 0.6 is 46.4 Å². The molecule has 0 fully saturated rings. The Morgan fingerprint density at radius 1 is 0.973 bits per heavy atom. The molecule has 2 aromatic rings. The molecule has 0 heterocycles. The van der Waals surface area contributed by atoms with Gasteiger partial charge in [0.1, 0.15) is 6.04 Å². The van der Waals surface area contributed by atoms with E-state index in [9.17, 15) is 18.0 Å². The van der Waals surface area contributed by atoms with Crippen molar-refractivity contribution in [2.75, 3.05) is 17.1 Å². The number of amides is 2. The fraction of sp³-hybridized carbons (Fsp3) is 0.440. The molecule has 2 aromatic carbocycles. The topological polar surface area (TPSA) is 86.8 Å². The average molecular weight is 611 g/mol. The second-order valence-electron chi connectivity index (χ2n) is 8.80. The zero-order chi connectivity index (χ0) is 27.9. The molecule has 37 heavy (non-hydrogen) atoms. The summed E-state index contributed by atoms with van der Waals surface area (Å²) >= 11 is 24.5. The highest BCUT2D eigenvalue weighted by molar-refractivity contribution is 7.92. The molecule has 0 aliphatic carbocycles. The van der Waals surface area contributed by atoms with Crippen LogP contribution in [0, 0.1) is 0 Å². The van der Waals surface area contributed by atoms with Crippen LogP contribution in [0.1, 0.15) is 45.6 Å². The molecule has 12 heteroatoms. The van der Waals surface area contributed by atoms with E-state index < -0.39 is 16.1 Å². The standard InChI is InChI=1S/C25H31Cl4N3O4S/c1-5-16(2)30-25(34)17(3)31(15-18-8-10-20(27)22(29)13-18)24(33)7-6-12-32(37(4,35)36)23-14-19(26)9-11-21(23)28/h8-11,13-14,16-17H,5-7,12,15H2,1-4H3,(H,30,34). The molecule has 204 valence electrons. The van der Waals surface area contributed by atoms with E-state index in [-0.39, 0.29) is 54.5 Å². The number of carbonyl (C=O) groups is 2. The maximum atomic E-state index is 13.4. The van der Waals surface area contributed by atoms with Crippen molar-refractivity contribution in [3.63, 3.8) is 0 Å². The van der Waals surface area contributed by atoms with Gasteiger partial charge < -0.3 is 10.2 Å². The van der Waals surface area contributed by atoms with Gasteiger partial charge in [-0.15, -0.1) is 0 Å². The van der Waals surface area contributed by atoms with E-state index in [0.717, 1.165) is 17.0 Å². The van der Waals surface area contributed by atoms with E-state index in [1.54, 1.807) is 31.2 Å². The number of hydrogen-bond acceptors (Lipinski definition) is 4. The predicted molar refractivity (Wildman–Crippen MR) is 152 cm³/mol. The molecule has 7 nitrogen and oxygen atoms in total. The summed E-state index contributed by atoms with van der Waals surface area (Å²) in [5.74, 6) is -0.602. The zero-order valence-corrected chi connectivity index (χ0v) is 24.9. The molecule has 0 spiro atoms. The van der Waals surface area contributed by atoms with Crippen LogP contribution in [-0.4, -0.2) is 50.0 Å². The van der Waals surface area contributed by atoms with Gasteiger partial charge in [-0.3, -0.25) is 13.9 Å². The monoisotopic (exact) mass is 609 g/mol. The molecule has 0 saturated heterocycles. The average Bonchev–Trinajstić information content (AvgIpc) is 2.82. The second-order valence-corrected chi connectivity index (χ2v) is 12.4. The van der Waals surface area contributed by atoms with Crippen molar-refractivity contribution in [3.8, 4) is 0 Å². The van der Waals surface area contributed by atoms with E-state index in [4.69, 9.17) is 46.4 Å². The molecular weight excluding hydrogens is 580 g/mol. The lowest BCUT2D eigenvalue weighted by atomic mass is 10.1. The number of nitrogens with zero attached hydrogens (tertiary/aromatic N) is 2. The van der Waals surface area contributed by atoms with Crippen molar-refractivity contribution in [1.82, 2.24) is 10.2 Å². The van der Waals surface area contributed by atoms with Crippen molar-refractivity contribution in [2.24, 2.45) is 0 Å². The Morgan fingerprint density at radius 2 is 1.62 bits per heavy atom.